The summed E-state index contributed by atoms with van der Waals surface area (Å²) in [5.41, 5.74) is 1.30. The number of methoxy groups -OCH3 is 1. The Balaban J connectivity index is 2.58. The molecule has 2 rings (SSSR count). The minimum atomic E-state index is -1.03. The number of carboxylic acids is 1. The Hall–Kier alpha value is -2.26. The molecule has 4 heteroatoms. The van der Waals surface area contributed by atoms with Gasteiger partial charge in [0.2, 0.25) is 0 Å². The van der Waals surface area contributed by atoms with Gasteiger partial charge in [-0.15, -0.1) is 0 Å². The van der Waals surface area contributed by atoms with Crippen LogP contribution in [0.1, 0.15) is 11.1 Å². The topological polar surface area (TPSA) is 46.5 Å². The number of hydrogen-bond acceptors (Lipinski definition) is 2. The van der Waals surface area contributed by atoms with Crippen molar-refractivity contribution in [1.82, 2.24) is 0 Å². The van der Waals surface area contributed by atoms with E-state index >= 15 is 0 Å². The molecule has 1 N–H and O–H groups in total. The standard InChI is InChI=1S/C16H13ClO3/c1-20-15-9-5-3-7-12(15)13(16(18)19)10-11-6-2-4-8-14(11)17/h2-10H,1H3,(H,18,19)/b13-10-. The Labute approximate surface area is 122 Å². The lowest BCUT2D eigenvalue weighted by Crippen LogP contribution is -2.02. The van der Waals surface area contributed by atoms with E-state index in [-0.39, 0.29) is 5.57 Å². The van der Waals surface area contributed by atoms with Crippen molar-refractivity contribution in [2.75, 3.05) is 7.11 Å². The Morgan fingerprint density at radius 1 is 1.15 bits per heavy atom. The first-order valence-corrected chi connectivity index (χ1v) is 6.34. The van der Waals surface area contributed by atoms with Crippen LogP contribution in [0, 0.1) is 0 Å². The van der Waals surface area contributed by atoms with Crippen LogP contribution in [-0.4, -0.2) is 18.2 Å². The summed E-state index contributed by atoms with van der Waals surface area (Å²) in [5.74, 6) is -0.525. The number of benzene rings is 2. The molecule has 2 aromatic carbocycles. The molecule has 102 valence electrons. The van der Waals surface area contributed by atoms with Crippen molar-refractivity contribution in [3.05, 3.63) is 64.7 Å². The summed E-state index contributed by atoms with van der Waals surface area (Å²) in [6.45, 7) is 0. The van der Waals surface area contributed by atoms with E-state index in [2.05, 4.69) is 0 Å². The smallest absolute Gasteiger partial charge is 0.336 e. The zero-order chi connectivity index (χ0) is 14.5. The van der Waals surface area contributed by atoms with Gasteiger partial charge in [-0.3, -0.25) is 0 Å². The van der Waals surface area contributed by atoms with Gasteiger partial charge in [0, 0.05) is 10.6 Å². The van der Waals surface area contributed by atoms with Crippen molar-refractivity contribution in [3.8, 4) is 5.75 Å². The largest absolute Gasteiger partial charge is 0.496 e. The summed E-state index contributed by atoms with van der Waals surface area (Å²) in [7, 11) is 1.51. The number of halogens is 1. The van der Waals surface area contributed by atoms with Gasteiger partial charge in [0.05, 0.1) is 12.7 Å². The number of aliphatic carboxylic acids is 1. The minimum absolute atomic E-state index is 0.135. The van der Waals surface area contributed by atoms with Gasteiger partial charge >= 0.3 is 5.97 Å². The van der Waals surface area contributed by atoms with Gasteiger partial charge in [-0.2, -0.15) is 0 Å². The molecule has 0 fully saturated rings. The predicted molar refractivity (Wildman–Crippen MR) is 80.0 cm³/mol. The highest BCUT2D eigenvalue weighted by Gasteiger charge is 2.15. The molecule has 0 aliphatic heterocycles. The molecule has 0 amide bonds. The quantitative estimate of drug-likeness (QED) is 0.684. The van der Waals surface area contributed by atoms with E-state index in [1.807, 2.05) is 0 Å². The number of carboxylic acid groups (broad SMARTS) is 1. The Morgan fingerprint density at radius 2 is 1.80 bits per heavy atom. The van der Waals surface area contributed by atoms with Crippen LogP contribution in [0.15, 0.2) is 48.5 Å². The maximum absolute atomic E-state index is 11.5. The number of rotatable bonds is 4. The van der Waals surface area contributed by atoms with E-state index in [0.717, 1.165) is 0 Å². The Morgan fingerprint density at radius 3 is 2.45 bits per heavy atom. The number of carbonyl (C=O) groups is 1. The van der Waals surface area contributed by atoms with Crippen LogP contribution >= 0.6 is 11.6 Å². The van der Waals surface area contributed by atoms with Crippen LogP contribution in [0.3, 0.4) is 0 Å². The Bertz CT molecular complexity index is 662. The van der Waals surface area contributed by atoms with Gasteiger partial charge < -0.3 is 9.84 Å². The second kappa shape index (κ2) is 6.26. The summed E-state index contributed by atoms with van der Waals surface area (Å²) in [6.07, 6.45) is 1.54. The zero-order valence-corrected chi connectivity index (χ0v) is 11.6. The lowest BCUT2D eigenvalue weighted by molar-refractivity contribution is -0.130. The summed E-state index contributed by atoms with van der Waals surface area (Å²) >= 11 is 6.07. The average Bonchev–Trinajstić information content (AvgIpc) is 2.46. The number of para-hydroxylation sites is 1. The highest BCUT2D eigenvalue weighted by molar-refractivity contribution is 6.33. The average molecular weight is 289 g/mol. The lowest BCUT2D eigenvalue weighted by atomic mass is 10.0. The Kier molecular flexibility index (Phi) is 4.43. The van der Waals surface area contributed by atoms with Gasteiger partial charge in [-0.05, 0) is 23.8 Å². The molecule has 20 heavy (non-hydrogen) atoms. The first-order chi connectivity index (χ1) is 9.63. The molecule has 2 aromatic rings. The molecule has 0 saturated carbocycles. The molecule has 0 aromatic heterocycles. The van der Waals surface area contributed by atoms with E-state index in [1.165, 1.54) is 7.11 Å². The van der Waals surface area contributed by atoms with E-state index in [9.17, 15) is 9.90 Å². The maximum Gasteiger partial charge on any atom is 0.336 e. The molecule has 0 heterocycles. The van der Waals surface area contributed by atoms with Crippen LogP contribution in [0.4, 0.5) is 0 Å². The number of hydrogen-bond donors (Lipinski definition) is 1. The molecule has 0 aliphatic carbocycles. The molecule has 0 unspecified atom stereocenters. The van der Waals surface area contributed by atoms with Crippen LogP contribution in [0.2, 0.25) is 5.02 Å². The molecule has 0 saturated heterocycles. The fourth-order valence-corrected chi connectivity index (χ4v) is 2.06. The van der Waals surface area contributed by atoms with Crippen molar-refractivity contribution in [3.63, 3.8) is 0 Å². The second-order valence-electron chi connectivity index (χ2n) is 4.08. The maximum atomic E-state index is 11.5. The third-order valence-electron chi connectivity index (χ3n) is 2.83. The van der Waals surface area contributed by atoms with Crippen LogP contribution in [-0.2, 0) is 4.79 Å². The van der Waals surface area contributed by atoms with E-state index < -0.39 is 5.97 Å². The fourth-order valence-electron chi connectivity index (χ4n) is 1.87. The van der Waals surface area contributed by atoms with Gasteiger partial charge in [0.1, 0.15) is 5.75 Å². The van der Waals surface area contributed by atoms with Crippen molar-refractivity contribution >= 4 is 29.2 Å². The summed E-state index contributed by atoms with van der Waals surface area (Å²) in [4.78, 5) is 11.5. The van der Waals surface area contributed by atoms with Crippen molar-refractivity contribution in [2.24, 2.45) is 0 Å². The van der Waals surface area contributed by atoms with E-state index in [0.29, 0.717) is 21.9 Å². The second-order valence-corrected chi connectivity index (χ2v) is 4.49. The van der Waals surface area contributed by atoms with Crippen LogP contribution in [0.5, 0.6) is 5.75 Å². The molecule has 0 radical (unpaired) electrons. The van der Waals surface area contributed by atoms with Gasteiger partial charge in [0.25, 0.3) is 0 Å². The summed E-state index contributed by atoms with van der Waals surface area (Å²) in [6, 6.07) is 14.1. The first kappa shape index (κ1) is 14.2. The molecule has 0 atom stereocenters. The molecule has 0 bridgehead atoms. The number of ether oxygens (including phenoxy) is 1. The van der Waals surface area contributed by atoms with Crippen molar-refractivity contribution in [2.45, 2.75) is 0 Å². The van der Waals surface area contributed by atoms with Crippen LogP contribution < -0.4 is 4.74 Å². The van der Waals surface area contributed by atoms with Gasteiger partial charge in [-0.25, -0.2) is 4.79 Å². The normalized spacial score (nSPS) is 11.2. The molecule has 0 spiro atoms. The van der Waals surface area contributed by atoms with E-state index in [4.69, 9.17) is 16.3 Å². The highest BCUT2D eigenvalue weighted by atomic mass is 35.5. The highest BCUT2D eigenvalue weighted by Crippen LogP contribution is 2.29. The third kappa shape index (κ3) is 3.00. The summed E-state index contributed by atoms with van der Waals surface area (Å²) < 4.78 is 5.21. The minimum Gasteiger partial charge on any atom is -0.496 e. The van der Waals surface area contributed by atoms with Crippen molar-refractivity contribution in [1.29, 1.82) is 0 Å². The predicted octanol–water partition coefficient (Wildman–Crippen LogP) is 3.97. The van der Waals surface area contributed by atoms with Gasteiger partial charge in [-0.1, -0.05) is 48.0 Å². The molecule has 3 nitrogen and oxygen atoms in total. The van der Waals surface area contributed by atoms with Gasteiger partial charge in [0.15, 0.2) is 0 Å². The fraction of sp³-hybridized carbons (Fsp3) is 0.0625. The zero-order valence-electron chi connectivity index (χ0n) is 10.8. The summed E-state index contributed by atoms with van der Waals surface area (Å²) in [5, 5.41) is 9.93. The lowest BCUT2D eigenvalue weighted by Gasteiger charge is -2.09. The molecule has 0 aliphatic rings. The monoisotopic (exact) mass is 288 g/mol. The molecular weight excluding hydrogens is 276 g/mol. The van der Waals surface area contributed by atoms with Crippen molar-refractivity contribution < 1.29 is 14.6 Å². The first-order valence-electron chi connectivity index (χ1n) is 5.96. The SMILES string of the molecule is COc1ccccc1/C(=C/c1ccccc1Cl)C(=O)O. The van der Waals surface area contributed by atoms with Crippen LogP contribution in [0.25, 0.3) is 11.6 Å². The third-order valence-corrected chi connectivity index (χ3v) is 3.18. The van der Waals surface area contributed by atoms with E-state index in [1.54, 1.807) is 54.6 Å². The molecular formula is C16H13ClO3.